The number of carbonyl (C=O) groups is 1. The number of rotatable bonds is 4. The Bertz CT molecular complexity index is 672. The lowest BCUT2D eigenvalue weighted by Crippen LogP contribution is -2.30. The van der Waals surface area contributed by atoms with Crippen molar-refractivity contribution in [3.63, 3.8) is 0 Å². The Kier molecular flexibility index (Phi) is 4.86. The zero-order valence-electron chi connectivity index (χ0n) is 13.9. The van der Waals surface area contributed by atoms with Crippen molar-refractivity contribution in [2.75, 3.05) is 5.32 Å². The maximum atomic E-state index is 12.3. The van der Waals surface area contributed by atoms with Gasteiger partial charge in [0.05, 0.1) is 0 Å². The number of hydrogen-bond donors (Lipinski definition) is 1. The van der Waals surface area contributed by atoms with E-state index in [9.17, 15) is 4.79 Å². The van der Waals surface area contributed by atoms with Crippen molar-refractivity contribution >= 4 is 11.6 Å². The molecule has 0 fully saturated rings. The van der Waals surface area contributed by atoms with Crippen LogP contribution in [-0.2, 0) is 4.79 Å². The van der Waals surface area contributed by atoms with Crippen LogP contribution in [0, 0.1) is 27.7 Å². The van der Waals surface area contributed by atoms with Gasteiger partial charge in [0, 0.05) is 5.69 Å². The summed E-state index contributed by atoms with van der Waals surface area (Å²) in [5.41, 5.74) is 5.32. The fraction of sp³-hybridized carbons (Fsp3) is 0.316. The number of anilines is 1. The molecule has 3 heteroatoms. The third-order valence-corrected chi connectivity index (χ3v) is 3.89. The SMILES string of the molecule is Cc1ccc(OC(C)C(=O)Nc2c(C)cccc2C)cc1C. The predicted octanol–water partition coefficient (Wildman–Crippen LogP) is 4.33. The van der Waals surface area contributed by atoms with Crippen molar-refractivity contribution in [1.29, 1.82) is 0 Å². The summed E-state index contributed by atoms with van der Waals surface area (Å²) in [5, 5.41) is 2.96. The van der Waals surface area contributed by atoms with Crippen LogP contribution in [0.2, 0.25) is 0 Å². The van der Waals surface area contributed by atoms with Gasteiger partial charge in [0.15, 0.2) is 6.10 Å². The molecule has 0 aliphatic heterocycles. The molecule has 0 spiro atoms. The fourth-order valence-electron chi connectivity index (χ4n) is 2.28. The highest BCUT2D eigenvalue weighted by Crippen LogP contribution is 2.21. The first kappa shape index (κ1) is 16.1. The van der Waals surface area contributed by atoms with Gasteiger partial charge in [-0.2, -0.15) is 0 Å². The maximum Gasteiger partial charge on any atom is 0.265 e. The lowest BCUT2D eigenvalue weighted by atomic mass is 10.1. The molecule has 0 saturated carbocycles. The van der Waals surface area contributed by atoms with Crippen LogP contribution in [0.4, 0.5) is 5.69 Å². The second kappa shape index (κ2) is 6.65. The Morgan fingerprint density at radius 2 is 1.59 bits per heavy atom. The Hall–Kier alpha value is -2.29. The third-order valence-electron chi connectivity index (χ3n) is 3.89. The Morgan fingerprint density at radius 1 is 0.955 bits per heavy atom. The van der Waals surface area contributed by atoms with Gasteiger partial charge in [0.2, 0.25) is 0 Å². The lowest BCUT2D eigenvalue weighted by Gasteiger charge is -2.17. The van der Waals surface area contributed by atoms with E-state index in [0.29, 0.717) is 5.75 Å². The van der Waals surface area contributed by atoms with Gasteiger partial charge >= 0.3 is 0 Å². The van der Waals surface area contributed by atoms with Crippen molar-refractivity contribution < 1.29 is 9.53 Å². The van der Waals surface area contributed by atoms with E-state index in [1.54, 1.807) is 6.92 Å². The van der Waals surface area contributed by atoms with Crippen molar-refractivity contribution in [2.24, 2.45) is 0 Å². The van der Waals surface area contributed by atoms with E-state index in [-0.39, 0.29) is 5.91 Å². The number of carbonyl (C=O) groups excluding carboxylic acids is 1. The first-order valence-electron chi connectivity index (χ1n) is 7.49. The highest BCUT2D eigenvalue weighted by molar-refractivity contribution is 5.95. The van der Waals surface area contributed by atoms with Crippen LogP contribution in [0.3, 0.4) is 0 Å². The minimum Gasteiger partial charge on any atom is -0.481 e. The van der Waals surface area contributed by atoms with Crippen LogP contribution >= 0.6 is 0 Å². The minimum atomic E-state index is -0.555. The minimum absolute atomic E-state index is 0.143. The van der Waals surface area contributed by atoms with E-state index in [0.717, 1.165) is 22.4 Å². The summed E-state index contributed by atoms with van der Waals surface area (Å²) in [6.07, 6.45) is -0.555. The molecule has 1 unspecified atom stereocenters. The van der Waals surface area contributed by atoms with Gasteiger partial charge in [0.25, 0.3) is 5.91 Å². The average molecular weight is 297 g/mol. The highest BCUT2D eigenvalue weighted by Gasteiger charge is 2.16. The van der Waals surface area contributed by atoms with Crippen molar-refractivity contribution in [2.45, 2.75) is 40.7 Å². The highest BCUT2D eigenvalue weighted by atomic mass is 16.5. The zero-order valence-corrected chi connectivity index (χ0v) is 13.9. The van der Waals surface area contributed by atoms with Crippen LogP contribution < -0.4 is 10.1 Å². The van der Waals surface area contributed by atoms with Gasteiger partial charge in [-0.05, 0) is 69.0 Å². The molecule has 2 rings (SSSR count). The van der Waals surface area contributed by atoms with E-state index in [2.05, 4.69) is 12.2 Å². The zero-order chi connectivity index (χ0) is 16.3. The molecule has 0 saturated heterocycles. The second-order valence-corrected chi connectivity index (χ2v) is 5.76. The molecule has 1 atom stereocenters. The summed E-state index contributed by atoms with van der Waals surface area (Å²) in [7, 11) is 0. The number of hydrogen-bond acceptors (Lipinski definition) is 2. The van der Waals surface area contributed by atoms with Crippen molar-refractivity contribution in [1.82, 2.24) is 0 Å². The van der Waals surface area contributed by atoms with Crippen LogP contribution in [0.5, 0.6) is 5.75 Å². The summed E-state index contributed by atoms with van der Waals surface area (Å²) < 4.78 is 5.75. The maximum absolute atomic E-state index is 12.3. The molecule has 1 N–H and O–H groups in total. The average Bonchev–Trinajstić information content (AvgIpc) is 2.46. The molecule has 3 nitrogen and oxygen atoms in total. The number of ether oxygens (including phenoxy) is 1. The summed E-state index contributed by atoms with van der Waals surface area (Å²) in [5.74, 6) is 0.572. The number of nitrogens with one attached hydrogen (secondary N) is 1. The molecule has 0 heterocycles. The normalized spacial score (nSPS) is 11.9. The first-order valence-corrected chi connectivity index (χ1v) is 7.49. The summed E-state index contributed by atoms with van der Waals surface area (Å²) in [6, 6.07) is 11.8. The van der Waals surface area contributed by atoms with Crippen LogP contribution in [0.1, 0.15) is 29.2 Å². The van der Waals surface area contributed by atoms with E-state index in [1.165, 1.54) is 5.56 Å². The summed E-state index contributed by atoms with van der Waals surface area (Å²) in [4.78, 5) is 12.3. The monoisotopic (exact) mass is 297 g/mol. The molecule has 1 amide bonds. The van der Waals surface area contributed by atoms with Crippen LogP contribution in [0.15, 0.2) is 36.4 Å². The number of aryl methyl sites for hydroxylation is 4. The Balaban J connectivity index is 2.07. The number of amides is 1. The van der Waals surface area contributed by atoms with Crippen molar-refractivity contribution in [3.8, 4) is 5.75 Å². The van der Waals surface area contributed by atoms with E-state index >= 15 is 0 Å². The molecular weight excluding hydrogens is 274 g/mol. The molecule has 0 aliphatic carbocycles. The van der Waals surface area contributed by atoms with Crippen LogP contribution in [0.25, 0.3) is 0 Å². The molecular formula is C19H23NO2. The molecule has 2 aromatic rings. The largest absolute Gasteiger partial charge is 0.481 e. The van der Waals surface area contributed by atoms with Gasteiger partial charge in [-0.15, -0.1) is 0 Å². The molecule has 2 aromatic carbocycles. The standard InChI is InChI=1S/C19H23NO2/c1-12-9-10-17(11-15(12)4)22-16(5)19(21)20-18-13(2)7-6-8-14(18)3/h6-11,16H,1-5H3,(H,20,21). The third kappa shape index (κ3) is 3.67. The number of para-hydroxylation sites is 1. The van der Waals surface area contributed by atoms with E-state index in [1.807, 2.05) is 57.2 Å². The summed E-state index contributed by atoms with van der Waals surface area (Å²) >= 11 is 0. The molecule has 0 aliphatic rings. The molecule has 0 radical (unpaired) electrons. The van der Waals surface area contributed by atoms with Crippen LogP contribution in [-0.4, -0.2) is 12.0 Å². The molecule has 0 aromatic heterocycles. The fourth-order valence-corrected chi connectivity index (χ4v) is 2.28. The van der Waals surface area contributed by atoms with E-state index < -0.39 is 6.10 Å². The van der Waals surface area contributed by atoms with Gasteiger partial charge in [-0.3, -0.25) is 4.79 Å². The Morgan fingerprint density at radius 3 is 2.18 bits per heavy atom. The Labute approximate surface area is 132 Å². The predicted molar refractivity (Wildman–Crippen MR) is 90.6 cm³/mol. The lowest BCUT2D eigenvalue weighted by molar-refractivity contribution is -0.122. The quantitative estimate of drug-likeness (QED) is 0.912. The second-order valence-electron chi connectivity index (χ2n) is 5.76. The topological polar surface area (TPSA) is 38.3 Å². The summed E-state index contributed by atoms with van der Waals surface area (Å²) in [6.45, 7) is 9.81. The van der Waals surface area contributed by atoms with Gasteiger partial charge < -0.3 is 10.1 Å². The number of benzene rings is 2. The van der Waals surface area contributed by atoms with Gasteiger partial charge in [0.1, 0.15) is 5.75 Å². The molecule has 0 bridgehead atoms. The molecule has 116 valence electrons. The van der Waals surface area contributed by atoms with Gasteiger partial charge in [-0.1, -0.05) is 24.3 Å². The smallest absolute Gasteiger partial charge is 0.265 e. The first-order chi connectivity index (χ1) is 10.4. The molecule has 22 heavy (non-hydrogen) atoms. The van der Waals surface area contributed by atoms with E-state index in [4.69, 9.17) is 4.74 Å². The van der Waals surface area contributed by atoms with Crippen molar-refractivity contribution in [3.05, 3.63) is 58.7 Å². The van der Waals surface area contributed by atoms with Gasteiger partial charge in [-0.25, -0.2) is 0 Å².